The molecule has 8 heteroatoms. The van der Waals surface area contributed by atoms with Gasteiger partial charge in [-0.1, -0.05) is 125 Å². The minimum absolute atomic E-state index is 0. The molecule has 0 bridgehead atoms. The van der Waals surface area contributed by atoms with E-state index in [2.05, 4.69) is 33.2 Å². The first kappa shape index (κ1) is 41.1. The van der Waals surface area contributed by atoms with Gasteiger partial charge in [0.1, 0.15) is 23.4 Å². The van der Waals surface area contributed by atoms with Crippen molar-refractivity contribution in [2.24, 2.45) is 0 Å². The van der Waals surface area contributed by atoms with E-state index >= 15 is 0 Å². The summed E-state index contributed by atoms with van der Waals surface area (Å²) in [7, 11) is -6.50. The van der Waals surface area contributed by atoms with Gasteiger partial charge in [0.15, 0.2) is 7.14 Å². The third-order valence-electron chi connectivity index (χ3n) is 9.61. The molecule has 0 aliphatic heterocycles. The fourth-order valence-electron chi connectivity index (χ4n) is 6.70. The number of pyridine rings is 3. The van der Waals surface area contributed by atoms with Crippen molar-refractivity contribution in [3.05, 3.63) is 237 Å². The monoisotopic (exact) mass is 977 g/mol. The number of benzene rings is 6. The first-order chi connectivity index (χ1) is 28.5. The third-order valence-corrected chi connectivity index (χ3v) is 15.2. The molecule has 59 heavy (non-hydrogen) atoms. The molecule has 6 aromatic carbocycles. The minimum atomic E-state index is -3.29. The Balaban J connectivity index is 0.000000180. The van der Waals surface area contributed by atoms with Crippen molar-refractivity contribution in [1.29, 1.82) is 0 Å². The smallest absolute Gasteiger partial charge is 0.311 e. The average molecular weight is 977 g/mol. The second kappa shape index (κ2) is 19.1. The van der Waals surface area contributed by atoms with Gasteiger partial charge in [0.05, 0.1) is 0 Å². The maximum absolute atomic E-state index is 14.9. The summed E-state index contributed by atoms with van der Waals surface area (Å²) in [5.74, 6) is 0. The zero-order valence-corrected chi connectivity index (χ0v) is 35.9. The predicted molar refractivity (Wildman–Crippen MR) is 238 cm³/mol. The molecule has 9 rings (SSSR count). The van der Waals surface area contributed by atoms with Crippen LogP contribution in [0.3, 0.4) is 0 Å². The van der Waals surface area contributed by atoms with Crippen LogP contribution in [0.25, 0.3) is 33.4 Å². The molecule has 286 valence electrons. The normalized spacial score (nSPS) is 11.1. The predicted octanol–water partition coefficient (Wildman–Crippen LogP) is 9.24. The molecule has 9 aromatic rings. The third kappa shape index (κ3) is 8.98. The second-order valence-corrected chi connectivity index (χ2v) is 18.5. The van der Waals surface area contributed by atoms with Crippen LogP contribution in [0.1, 0.15) is 0 Å². The molecule has 3 heterocycles. The molecule has 0 atom stereocenters. The SMILES string of the molecule is O=P(c1[c-]ccc(-c2ccccc2)c1)(c1[c-]ccc(-c2ccccc2)c1)c1ccccn1.O=P(c1[c-]ccc(-c2ccccc2)c1)(c1ccccn1)c1ccccn1.[Ir+3]. The number of hydrogen-bond acceptors (Lipinski definition) is 5. The molecule has 5 nitrogen and oxygen atoms in total. The van der Waals surface area contributed by atoms with Crippen LogP contribution in [0.2, 0.25) is 0 Å². The number of rotatable bonds is 9. The van der Waals surface area contributed by atoms with E-state index in [1.54, 1.807) is 30.7 Å². The molecular formula is C51H36IrN3O2P2. The van der Waals surface area contributed by atoms with Crippen molar-refractivity contribution in [3.8, 4) is 33.4 Å². The molecule has 0 saturated heterocycles. The van der Waals surface area contributed by atoms with Gasteiger partial charge in [0.25, 0.3) is 0 Å². The van der Waals surface area contributed by atoms with E-state index in [0.717, 1.165) is 33.4 Å². The largest absolute Gasteiger partial charge is 3.00 e. The zero-order valence-electron chi connectivity index (χ0n) is 31.7. The summed E-state index contributed by atoms with van der Waals surface area (Å²) in [5.41, 5.74) is 7.74. The van der Waals surface area contributed by atoms with E-state index in [9.17, 15) is 9.13 Å². The van der Waals surface area contributed by atoms with Crippen LogP contribution in [0, 0.1) is 18.2 Å². The Hall–Kier alpha value is -6.12. The van der Waals surface area contributed by atoms with Crippen LogP contribution < -0.4 is 32.2 Å². The van der Waals surface area contributed by atoms with Crippen LogP contribution in [0.15, 0.2) is 219 Å². The van der Waals surface area contributed by atoms with E-state index in [4.69, 9.17) is 0 Å². The van der Waals surface area contributed by atoms with Gasteiger partial charge >= 0.3 is 20.1 Å². The maximum atomic E-state index is 14.9. The van der Waals surface area contributed by atoms with Crippen molar-refractivity contribution >= 4 is 46.5 Å². The van der Waals surface area contributed by atoms with Gasteiger partial charge in [-0.3, -0.25) is 15.0 Å². The molecule has 0 aliphatic carbocycles. The van der Waals surface area contributed by atoms with Crippen LogP contribution >= 0.6 is 14.3 Å². The summed E-state index contributed by atoms with van der Waals surface area (Å²) in [5, 5.41) is 1.86. The molecule has 0 aliphatic rings. The van der Waals surface area contributed by atoms with Gasteiger partial charge in [-0.25, -0.2) is 0 Å². The van der Waals surface area contributed by atoms with E-state index in [1.165, 1.54) is 0 Å². The van der Waals surface area contributed by atoms with E-state index in [0.29, 0.717) is 32.2 Å². The summed E-state index contributed by atoms with van der Waals surface area (Å²) < 4.78 is 29.1. The molecule has 0 fully saturated rings. The Morgan fingerprint density at radius 1 is 0.322 bits per heavy atom. The van der Waals surface area contributed by atoms with E-state index in [1.807, 2.05) is 188 Å². The quantitative estimate of drug-likeness (QED) is 0.107. The summed E-state index contributed by atoms with van der Waals surface area (Å²) in [6.45, 7) is 0. The van der Waals surface area contributed by atoms with Gasteiger partial charge in [0, 0.05) is 18.6 Å². The molecule has 0 spiro atoms. The van der Waals surface area contributed by atoms with Crippen molar-refractivity contribution < 1.29 is 29.2 Å². The molecule has 0 saturated carbocycles. The fourth-order valence-corrected chi connectivity index (χ4v) is 11.5. The standard InChI is InChI=1S/C29H20NOP.C22H16N2OP.Ir/c31-32(29-19-7-8-20-30-29,27-17-9-15-25(21-27)23-11-3-1-4-12-23)28-18-10-16-26(22-28)24-13-5-2-6-14-24;25-26(21-13-4-6-15-23-21,22-14-5-7-16-24-22)20-12-8-11-19(17-20)18-9-2-1-3-10-18;/h1-16,19-22H;1-11,13-17H;/q-2;-1;+3. The Morgan fingerprint density at radius 3 is 0.915 bits per heavy atom. The van der Waals surface area contributed by atoms with Crippen LogP contribution in [0.5, 0.6) is 0 Å². The maximum Gasteiger partial charge on any atom is 3.00 e. The summed E-state index contributed by atoms with van der Waals surface area (Å²) >= 11 is 0. The number of aromatic nitrogens is 3. The van der Waals surface area contributed by atoms with Crippen molar-refractivity contribution in [2.75, 3.05) is 0 Å². The molecular weight excluding hydrogens is 941 g/mol. The fraction of sp³-hybridized carbons (Fsp3) is 0. The molecule has 0 N–H and O–H groups in total. The van der Waals surface area contributed by atoms with Gasteiger partial charge < -0.3 is 9.13 Å². The second-order valence-electron chi connectivity index (χ2n) is 13.3. The number of nitrogens with zero attached hydrogens (tertiary/aromatic N) is 3. The minimum Gasteiger partial charge on any atom is -0.311 e. The van der Waals surface area contributed by atoms with Gasteiger partial charge in [-0.15, -0.1) is 16.7 Å². The van der Waals surface area contributed by atoms with Crippen LogP contribution in [0.4, 0.5) is 0 Å². The zero-order chi connectivity index (χ0) is 39.6. The van der Waals surface area contributed by atoms with Crippen molar-refractivity contribution in [2.45, 2.75) is 0 Å². The van der Waals surface area contributed by atoms with Crippen LogP contribution in [-0.4, -0.2) is 15.0 Å². The van der Waals surface area contributed by atoms with Crippen molar-refractivity contribution in [1.82, 2.24) is 15.0 Å². The Labute approximate surface area is 359 Å². The Kier molecular flexibility index (Phi) is 13.3. The molecule has 0 amide bonds. The Morgan fingerprint density at radius 2 is 0.610 bits per heavy atom. The van der Waals surface area contributed by atoms with E-state index in [-0.39, 0.29) is 20.1 Å². The molecule has 0 unspecified atom stereocenters. The summed E-state index contributed by atoms with van der Waals surface area (Å²) in [6, 6.07) is 73.6. The van der Waals surface area contributed by atoms with Crippen molar-refractivity contribution in [3.63, 3.8) is 0 Å². The van der Waals surface area contributed by atoms with Crippen LogP contribution in [-0.2, 0) is 29.2 Å². The summed E-state index contributed by atoms with van der Waals surface area (Å²) in [4.78, 5) is 13.3. The first-order valence-corrected chi connectivity index (χ1v) is 22.1. The number of hydrogen-bond donors (Lipinski definition) is 0. The van der Waals surface area contributed by atoms with Gasteiger partial charge in [-0.2, -0.15) is 72.8 Å². The summed E-state index contributed by atoms with van der Waals surface area (Å²) in [6.07, 6.45) is 5.00. The topological polar surface area (TPSA) is 72.8 Å². The molecule has 3 aromatic heterocycles. The van der Waals surface area contributed by atoms with Gasteiger partial charge in [0.2, 0.25) is 0 Å². The van der Waals surface area contributed by atoms with Gasteiger partial charge in [-0.05, 0) is 53.1 Å². The molecule has 0 radical (unpaired) electrons. The average Bonchev–Trinajstić information content (AvgIpc) is 3.33. The first-order valence-electron chi connectivity index (χ1n) is 18.7. The Bertz CT molecular complexity index is 2700. The van der Waals surface area contributed by atoms with E-state index < -0.39 is 14.3 Å².